The van der Waals surface area contributed by atoms with Crippen molar-refractivity contribution in [3.8, 4) is 6.07 Å². The van der Waals surface area contributed by atoms with Crippen LogP contribution < -0.4 is 0 Å². The Morgan fingerprint density at radius 3 is 2.63 bits per heavy atom. The van der Waals surface area contributed by atoms with Crippen LogP contribution in [-0.2, 0) is 6.42 Å². The molecule has 0 atom stereocenters. The first-order chi connectivity index (χ1) is 9.08. The average Bonchev–Trinajstić information content (AvgIpc) is 2.43. The van der Waals surface area contributed by atoms with Crippen molar-refractivity contribution in [2.75, 3.05) is 0 Å². The van der Waals surface area contributed by atoms with Crippen LogP contribution in [0.25, 0.3) is 0 Å². The second-order valence-corrected chi connectivity index (χ2v) is 6.06. The van der Waals surface area contributed by atoms with Gasteiger partial charge in [0.1, 0.15) is 5.82 Å². The maximum absolute atomic E-state index is 13.1. The lowest BCUT2D eigenvalue weighted by molar-refractivity contribution is 0.205. The first kappa shape index (κ1) is 14.3. The molecule has 0 saturated heterocycles. The molecule has 0 amide bonds. The standard InChI is InChI=1S/C16H19ClFN/c1-2-12-5-7-16(11-19,8-6-12)10-13-3-4-14(18)9-15(13)17/h3-4,9,12H,2,5-8,10H2,1H3. The van der Waals surface area contributed by atoms with E-state index in [9.17, 15) is 9.65 Å². The number of hydrogen-bond acceptors (Lipinski definition) is 1. The summed E-state index contributed by atoms with van der Waals surface area (Å²) in [4.78, 5) is 0. The number of hydrogen-bond donors (Lipinski definition) is 0. The van der Waals surface area contributed by atoms with Gasteiger partial charge >= 0.3 is 0 Å². The van der Waals surface area contributed by atoms with E-state index >= 15 is 0 Å². The summed E-state index contributed by atoms with van der Waals surface area (Å²) in [6.07, 6.45) is 5.91. The average molecular weight is 280 g/mol. The van der Waals surface area contributed by atoms with Gasteiger partial charge < -0.3 is 0 Å². The van der Waals surface area contributed by atoms with E-state index in [1.807, 2.05) is 0 Å². The summed E-state index contributed by atoms with van der Waals surface area (Å²) in [5, 5.41) is 9.98. The van der Waals surface area contributed by atoms with Crippen molar-refractivity contribution in [2.45, 2.75) is 45.4 Å². The van der Waals surface area contributed by atoms with Gasteiger partial charge in [-0.25, -0.2) is 4.39 Å². The maximum Gasteiger partial charge on any atom is 0.124 e. The van der Waals surface area contributed by atoms with Gasteiger partial charge in [0.2, 0.25) is 0 Å². The summed E-state index contributed by atoms with van der Waals surface area (Å²) in [5.74, 6) is 0.430. The minimum Gasteiger partial charge on any atom is -0.207 e. The molecule has 102 valence electrons. The van der Waals surface area contributed by atoms with E-state index in [2.05, 4.69) is 13.0 Å². The van der Waals surface area contributed by atoms with Crippen LogP contribution in [0.5, 0.6) is 0 Å². The van der Waals surface area contributed by atoms with Crippen LogP contribution in [0.1, 0.15) is 44.6 Å². The first-order valence-corrected chi connectivity index (χ1v) is 7.31. The Bertz CT molecular complexity index is 484. The van der Waals surface area contributed by atoms with Crippen molar-refractivity contribution < 1.29 is 4.39 Å². The lowest BCUT2D eigenvalue weighted by atomic mass is 9.68. The molecule has 3 heteroatoms. The highest BCUT2D eigenvalue weighted by Gasteiger charge is 2.35. The molecule has 0 bridgehead atoms. The van der Waals surface area contributed by atoms with Gasteiger partial charge in [-0.3, -0.25) is 0 Å². The quantitative estimate of drug-likeness (QED) is 0.752. The van der Waals surface area contributed by atoms with Crippen LogP contribution in [-0.4, -0.2) is 0 Å². The fraction of sp³-hybridized carbons (Fsp3) is 0.562. The Morgan fingerprint density at radius 2 is 2.11 bits per heavy atom. The van der Waals surface area contributed by atoms with E-state index in [0.717, 1.165) is 37.2 Å². The monoisotopic (exact) mass is 279 g/mol. The largest absolute Gasteiger partial charge is 0.207 e. The Labute approximate surface area is 119 Å². The predicted octanol–water partition coefficient (Wildman–Crippen LogP) is 5.13. The highest BCUT2D eigenvalue weighted by molar-refractivity contribution is 6.31. The summed E-state index contributed by atoms with van der Waals surface area (Å²) in [7, 11) is 0. The van der Waals surface area contributed by atoms with Gasteiger partial charge in [0.25, 0.3) is 0 Å². The van der Waals surface area contributed by atoms with Crippen molar-refractivity contribution in [1.29, 1.82) is 5.26 Å². The van der Waals surface area contributed by atoms with Crippen molar-refractivity contribution in [3.05, 3.63) is 34.6 Å². The molecule has 19 heavy (non-hydrogen) atoms. The second-order valence-electron chi connectivity index (χ2n) is 5.66. The zero-order valence-corrected chi connectivity index (χ0v) is 12.0. The molecular weight excluding hydrogens is 261 g/mol. The molecule has 0 N–H and O–H groups in total. The van der Waals surface area contributed by atoms with Crippen LogP contribution in [0.2, 0.25) is 5.02 Å². The maximum atomic E-state index is 13.1. The van der Waals surface area contributed by atoms with Crippen LogP contribution in [0, 0.1) is 28.5 Å². The normalized spacial score (nSPS) is 26.9. The van der Waals surface area contributed by atoms with Gasteiger partial charge in [-0.05, 0) is 55.7 Å². The van der Waals surface area contributed by atoms with Gasteiger partial charge in [0, 0.05) is 5.02 Å². The highest BCUT2D eigenvalue weighted by atomic mass is 35.5. The fourth-order valence-corrected chi connectivity index (χ4v) is 3.23. The van der Waals surface area contributed by atoms with Gasteiger partial charge in [-0.2, -0.15) is 5.26 Å². The van der Waals surface area contributed by atoms with Crippen LogP contribution in [0.15, 0.2) is 18.2 Å². The molecule has 0 aliphatic heterocycles. The number of rotatable bonds is 3. The molecule has 0 radical (unpaired) electrons. The molecule has 1 aromatic carbocycles. The van der Waals surface area contributed by atoms with Crippen molar-refractivity contribution in [2.24, 2.45) is 11.3 Å². The highest BCUT2D eigenvalue weighted by Crippen LogP contribution is 2.42. The molecule has 0 aromatic heterocycles. The van der Waals surface area contributed by atoms with E-state index in [1.54, 1.807) is 6.07 Å². The summed E-state index contributed by atoms with van der Waals surface area (Å²) in [6.45, 7) is 2.21. The topological polar surface area (TPSA) is 23.8 Å². The molecule has 1 aliphatic carbocycles. The lowest BCUT2D eigenvalue weighted by Crippen LogP contribution is -2.28. The van der Waals surface area contributed by atoms with Crippen LogP contribution in [0.3, 0.4) is 0 Å². The first-order valence-electron chi connectivity index (χ1n) is 6.94. The van der Waals surface area contributed by atoms with Crippen LogP contribution in [0.4, 0.5) is 4.39 Å². The summed E-state index contributed by atoms with van der Waals surface area (Å²) in [6, 6.07) is 6.96. The Hall–Kier alpha value is -1.07. The second kappa shape index (κ2) is 5.92. The summed E-state index contributed by atoms with van der Waals surface area (Å²) < 4.78 is 13.1. The van der Waals surface area contributed by atoms with Gasteiger partial charge in [0.15, 0.2) is 0 Å². The third-order valence-corrected chi connectivity index (χ3v) is 4.77. The summed E-state index contributed by atoms with van der Waals surface area (Å²) >= 11 is 6.07. The SMILES string of the molecule is CCC1CCC(C#N)(Cc2ccc(F)cc2Cl)CC1. The molecule has 1 fully saturated rings. The molecule has 1 saturated carbocycles. The number of nitrogens with zero attached hydrogens (tertiary/aromatic N) is 1. The van der Waals surface area contributed by atoms with Gasteiger partial charge in [-0.15, -0.1) is 0 Å². The molecular formula is C16H19ClFN. The van der Waals surface area contributed by atoms with E-state index < -0.39 is 0 Å². The molecule has 0 heterocycles. The smallest absolute Gasteiger partial charge is 0.124 e. The minimum atomic E-state index is -0.325. The third kappa shape index (κ3) is 3.28. The minimum absolute atomic E-state index is 0.312. The number of benzene rings is 1. The zero-order valence-electron chi connectivity index (χ0n) is 11.3. The van der Waals surface area contributed by atoms with E-state index in [-0.39, 0.29) is 11.2 Å². The lowest BCUT2D eigenvalue weighted by Gasteiger charge is -2.35. The Kier molecular flexibility index (Phi) is 4.47. The number of halogens is 2. The zero-order chi connectivity index (χ0) is 13.9. The van der Waals surface area contributed by atoms with E-state index in [4.69, 9.17) is 11.6 Å². The molecule has 1 aliphatic rings. The fourth-order valence-electron chi connectivity index (χ4n) is 3.00. The molecule has 2 rings (SSSR count). The molecule has 0 unspecified atom stereocenters. The Morgan fingerprint density at radius 1 is 1.42 bits per heavy atom. The molecule has 1 aromatic rings. The van der Waals surface area contributed by atoms with Crippen molar-refractivity contribution in [3.63, 3.8) is 0 Å². The van der Waals surface area contributed by atoms with E-state index in [1.165, 1.54) is 18.6 Å². The third-order valence-electron chi connectivity index (χ3n) is 4.42. The van der Waals surface area contributed by atoms with Crippen LogP contribution >= 0.6 is 11.6 Å². The number of nitriles is 1. The molecule has 1 nitrogen and oxygen atoms in total. The van der Waals surface area contributed by atoms with Gasteiger partial charge in [-0.1, -0.05) is 31.0 Å². The van der Waals surface area contributed by atoms with Crippen molar-refractivity contribution in [1.82, 2.24) is 0 Å². The Balaban J connectivity index is 2.13. The predicted molar refractivity (Wildman–Crippen MR) is 75.4 cm³/mol. The van der Waals surface area contributed by atoms with E-state index in [0.29, 0.717) is 11.4 Å². The van der Waals surface area contributed by atoms with Crippen molar-refractivity contribution >= 4 is 11.6 Å². The molecule has 0 spiro atoms. The van der Waals surface area contributed by atoms with Gasteiger partial charge in [0.05, 0.1) is 11.5 Å². The summed E-state index contributed by atoms with van der Waals surface area (Å²) in [5.41, 5.74) is 0.576.